The summed E-state index contributed by atoms with van der Waals surface area (Å²) in [6, 6.07) is 0. The van der Waals surface area contributed by atoms with E-state index < -0.39 is 0 Å². The van der Waals surface area contributed by atoms with Crippen LogP contribution in [0.5, 0.6) is 0 Å². The van der Waals surface area contributed by atoms with Crippen LogP contribution in [0.25, 0.3) is 0 Å². The normalized spacial score (nSPS) is 5.57. The minimum Gasteiger partial charge on any atom is -0.300 e. The molecule has 0 unspecified atom stereocenters. The summed E-state index contributed by atoms with van der Waals surface area (Å²) in [5, 5.41) is 0. The molecule has 7 heavy (non-hydrogen) atoms. The highest BCUT2D eigenvalue weighted by molar-refractivity contribution is 6.25. The van der Waals surface area contributed by atoms with Crippen LogP contribution in [0.15, 0.2) is 12.1 Å². The standard InChI is InChI=1S/C3H6O.C2H3Cl/c1-3(2)4;1-2-3/h1-2H3;2H,1H2. The first-order chi connectivity index (χ1) is 3.15. The first-order valence-corrected chi connectivity index (χ1v) is 2.27. The Hall–Kier alpha value is -0.300. The Balaban J connectivity index is 0. The van der Waals surface area contributed by atoms with Crippen LogP contribution in [0.3, 0.4) is 0 Å². The molecule has 0 N–H and O–H groups in total. The van der Waals surface area contributed by atoms with E-state index in [0.29, 0.717) is 0 Å². The second-order valence-electron chi connectivity index (χ2n) is 1.06. The number of halogens is 1. The monoisotopic (exact) mass is 120 g/mol. The second-order valence-corrected chi connectivity index (χ2v) is 1.37. The van der Waals surface area contributed by atoms with Gasteiger partial charge in [-0.25, -0.2) is 0 Å². The van der Waals surface area contributed by atoms with Crippen LogP contribution >= 0.6 is 11.6 Å². The molecule has 42 valence electrons. The molecular weight excluding hydrogens is 112 g/mol. The van der Waals surface area contributed by atoms with Crippen molar-refractivity contribution in [3.05, 3.63) is 12.1 Å². The molecule has 0 spiro atoms. The molecule has 0 bridgehead atoms. The van der Waals surface area contributed by atoms with E-state index in [2.05, 4.69) is 6.58 Å². The maximum Gasteiger partial charge on any atom is 0.126 e. The molecule has 0 atom stereocenters. The molecule has 0 amide bonds. The molecule has 0 aromatic rings. The average Bonchev–Trinajstić information content (AvgIpc) is 1.33. The Labute approximate surface area is 49.0 Å². The summed E-state index contributed by atoms with van der Waals surface area (Å²) >= 11 is 4.76. The van der Waals surface area contributed by atoms with Crippen LogP contribution in [0.2, 0.25) is 0 Å². The first kappa shape index (κ1) is 9.85. The highest BCUT2D eigenvalue weighted by Gasteiger charge is 1.62. The molecule has 2 heteroatoms. The number of hydrogen-bond acceptors (Lipinski definition) is 1. The van der Waals surface area contributed by atoms with Gasteiger partial charge in [-0.15, -0.1) is 0 Å². The predicted molar refractivity (Wildman–Crippen MR) is 32.4 cm³/mol. The van der Waals surface area contributed by atoms with Crippen molar-refractivity contribution in [2.75, 3.05) is 0 Å². The Morgan fingerprint density at radius 1 is 1.71 bits per heavy atom. The maximum atomic E-state index is 9.44. The highest BCUT2D eigenvalue weighted by Crippen LogP contribution is 1.60. The Kier molecular flexibility index (Phi) is 12.9. The smallest absolute Gasteiger partial charge is 0.126 e. The highest BCUT2D eigenvalue weighted by atomic mass is 35.5. The molecule has 0 radical (unpaired) electrons. The first-order valence-electron chi connectivity index (χ1n) is 1.83. The summed E-state index contributed by atoms with van der Waals surface area (Å²) in [6.07, 6.45) is 0. The van der Waals surface area contributed by atoms with Gasteiger partial charge in [0.25, 0.3) is 0 Å². The van der Waals surface area contributed by atoms with E-state index in [1.807, 2.05) is 0 Å². The Bertz CT molecular complexity index is 55.1. The Morgan fingerprint density at radius 2 is 1.71 bits per heavy atom. The van der Waals surface area contributed by atoms with Gasteiger partial charge in [0.2, 0.25) is 0 Å². The van der Waals surface area contributed by atoms with Gasteiger partial charge in [0.05, 0.1) is 0 Å². The predicted octanol–water partition coefficient (Wildman–Crippen LogP) is 1.96. The number of Topliss-reactive ketones (excluding diaryl/α,β-unsaturated/α-hetero) is 1. The molecule has 0 aromatic carbocycles. The van der Waals surface area contributed by atoms with Crippen molar-refractivity contribution in [2.24, 2.45) is 0 Å². The topological polar surface area (TPSA) is 17.1 Å². The third kappa shape index (κ3) is 867. The molecule has 0 aromatic heterocycles. The van der Waals surface area contributed by atoms with E-state index >= 15 is 0 Å². The lowest BCUT2D eigenvalue weighted by Crippen LogP contribution is -1.69. The van der Waals surface area contributed by atoms with E-state index in [-0.39, 0.29) is 5.78 Å². The van der Waals surface area contributed by atoms with E-state index in [0.717, 1.165) is 0 Å². The van der Waals surface area contributed by atoms with Gasteiger partial charge in [-0.1, -0.05) is 18.2 Å². The molecule has 0 aliphatic rings. The fourth-order valence-corrected chi connectivity index (χ4v) is 0. The van der Waals surface area contributed by atoms with Crippen LogP contribution < -0.4 is 0 Å². The molecule has 0 heterocycles. The van der Waals surface area contributed by atoms with Crippen molar-refractivity contribution in [1.29, 1.82) is 0 Å². The SMILES string of the molecule is C=CCl.CC(C)=O. The largest absolute Gasteiger partial charge is 0.300 e. The van der Waals surface area contributed by atoms with Gasteiger partial charge in [-0.05, 0) is 19.4 Å². The number of carbonyl (C=O) groups excluding carboxylic acids is 1. The van der Waals surface area contributed by atoms with E-state index in [1.165, 1.54) is 19.4 Å². The summed E-state index contributed by atoms with van der Waals surface area (Å²) in [5.74, 6) is 0.167. The molecule has 0 rings (SSSR count). The number of ketones is 1. The zero-order chi connectivity index (χ0) is 6.28. The molecule has 0 aliphatic heterocycles. The second kappa shape index (κ2) is 9.20. The van der Waals surface area contributed by atoms with Crippen LogP contribution in [-0.2, 0) is 4.79 Å². The summed E-state index contributed by atoms with van der Waals surface area (Å²) in [6.45, 7) is 6.18. The van der Waals surface area contributed by atoms with Crippen LogP contribution in [-0.4, -0.2) is 5.78 Å². The molecule has 0 aliphatic carbocycles. The van der Waals surface area contributed by atoms with Crippen LogP contribution in [0.1, 0.15) is 13.8 Å². The van der Waals surface area contributed by atoms with Gasteiger partial charge < -0.3 is 4.79 Å². The van der Waals surface area contributed by atoms with Crippen molar-refractivity contribution in [2.45, 2.75) is 13.8 Å². The Morgan fingerprint density at radius 3 is 1.71 bits per heavy atom. The third-order valence-electron chi connectivity index (χ3n) is 0. The zero-order valence-corrected chi connectivity index (χ0v) is 5.33. The van der Waals surface area contributed by atoms with Crippen molar-refractivity contribution in [1.82, 2.24) is 0 Å². The van der Waals surface area contributed by atoms with Crippen molar-refractivity contribution >= 4 is 17.4 Å². The molecule has 0 saturated carbocycles. The lowest BCUT2D eigenvalue weighted by atomic mass is 10.6. The van der Waals surface area contributed by atoms with E-state index in [1.54, 1.807) is 0 Å². The minimum atomic E-state index is 0.167. The number of carbonyl (C=O) groups is 1. The quantitative estimate of drug-likeness (QED) is 0.478. The summed E-state index contributed by atoms with van der Waals surface area (Å²) in [5.41, 5.74) is 1.22. The molecular formula is C5H9ClO. The van der Waals surface area contributed by atoms with Crippen molar-refractivity contribution in [3.63, 3.8) is 0 Å². The number of hydrogen-bond donors (Lipinski definition) is 0. The zero-order valence-electron chi connectivity index (χ0n) is 4.57. The lowest BCUT2D eigenvalue weighted by molar-refractivity contribution is -0.114. The van der Waals surface area contributed by atoms with Crippen LogP contribution in [0.4, 0.5) is 0 Å². The van der Waals surface area contributed by atoms with Crippen molar-refractivity contribution < 1.29 is 4.79 Å². The van der Waals surface area contributed by atoms with Crippen LogP contribution in [0, 0.1) is 0 Å². The summed E-state index contributed by atoms with van der Waals surface area (Å²) < 4.78 is 0. The summed E-state index contributed by atoms with van der Waals surface area (Å²) in [7, 11) is 0. The lowest BCUT2D eigenvalue weighted by Gasteiger charge is -1.56. The van der Waals surface area contributed by atoms with Gasteiger partial charge in [0.1, 0.15) is 5.78 Å². The average molecular weight is 121 g/mol. The van der Waals surface area contributed by atoms with Gasteiger partial charge >= 0.3 is 0 Å². The molecule has 0 saturated heterocycles. The summed E-state index contributed by atoms with van der Waals surface area (Å²) in [4.78, 5) is 9.44. The van der Waals surface area contributed by atoms with E-state index in [9.17, 15) is 4.79 Å². The molecule has 1 nitrogen and oxygen atoms in total. The maximum absolute atomic E-state index is 9.44. The van der Waals surface area contributed by atoms with Gasteiger partial charge in [-0.2, -0.15) is 0 Å². The van der Waals surface area contributed by atoms with Gasteiger partial charge in [-0.3, -0.25) is 0 Å². The fourth-order valence-electron chi connectivity index (χ4n) is 0. The molecule has 0 fully saturated rings. The number of rotatable bonds is 0. The van der Waals surface area contributed by atoms with Crippen molar-refractivity contribution in [3.8, 4) is 0 Å². The fraction of sp³-hybridized carbons (Fsp3) is 0.400. The van der Waals surface area contributed by atoms with Gasteiger partial charge in [0, 0.05) is 0 Å². The third-order valence-corrected chi connectivity index (χ3v) is 0. The van der Waals surface area contributed by atoms with Gasteiger partial charge in [0.15, 0.2) is 0 Å². The van der Waals surface area contributed by atoms with E-state index in [4.69, 9.17) is 11.6 Å². The minimum absolute atomic E-state index is 0.167.